The number of aryl methyl sites for hydroxylation is 1. The molecule has 1 unspecified atom stereocenters. The Balaban J connectivity index is 2.17. The van der Waals surface area contributed by atoms with E-state index in [0.717, 1.165) is 37.7 Å². The van der Waals surface area contributed by atoms with Crippen LogP contribution in [0.3, 0.4) is 0 Å². The van der Waals surface area contributed by atoms with Gasteiger partial charge in [-0.1, -0.05) is 20.3 Å². The summed E-state index contributed by atoms with van der Waals surface area (Å²) < 4.78 is 5.86. The Hall–Kier alpha value is -0.800. The van der Waals surface area contributed by atoms with Gasteiger partial charge in [-0.25, -0.2) is 0 Å². The predicted molar refractivity (Wildman–Crippen MR) is 70.1 cm³/mol. The molecule has 1 aliphatic rings. The Labute approximate surface area is 104 Å². The van der Waals surface area contributed by atoms with Crippen LogP contribution in [0, 0.1) is 12.8 Å². The SMILES string of the molecule is CCC(C)[C@H](c1ccc(C)o1)N1CCNCC1. The van der Waals surface area contributed by atoms with Gasteiger partial charge in [0, 0.05) is 26.2 Å². The Morgan fingerprint density at radius 2 is 2.06 bits per heavy atom. The zero-order chi connectivity index (χ0) is 12.3. The lowest BCUT2D eigenvalue weighted by atomic mass is 9.95. The molecule has 3 nitrogen and oxygen atoms in total. The van der Waals surface area contributed by atoms with E-state index in [2.05, 4.69) is 36.2 Å². The van der Waals surface area contributed by atoms with Crippen LogP contribution in [0.2, 0.25) is 0 Å². The molecule has 0 spiro atoms. The van der Waals surface area contributed by atoms with Crippen molar-refractivity contribution in [3.8, 4) is 0 Å². The van der Waals surface area contributed by atoms with Gasteiger partial charge in [-0.15, -0.1) is 0 Å². The van der Waals surface area contributed by atoms with E-state index in [1.54, 1.807) is 0 Å². The quantitative estimate of drug-likeness (QED) is 0.871. The molecule has 0 aliphatic carbocycles. The topological polar surface area (TPSA) is 28.4 Å². The average molecular weight is 236 g/mol. The fraction of sp³-hybridized carbons (Fsp3) is 0.714. The van der Waals surface area contributed by atoms with E-state index < -0.39 is 0 Å². The number of hydrogen-bond donors (Lipinski definition) is 1. The predicted octanol–water partition coefficient (Wildman–Crippen LogP) is 2.58. The molecule has 0 aromatic carbocycles. The van der Waals surface area contributed by atoms with Crippen molar-refractivity contribution in [3.05, 3.63) is 23.7 Å². The summed E-state index contributed by atoms with van der Waals surface area (Å²) in [5, 5.41) is 3.41. The van der Waals surface area contributed by atoms with Crippen molar-refractivity contribution in [1.82, 2.24) is 10.2 Å². The minimum absolute atomic E-state index is 0.441. The molecule has 3 heteroatoms. The summed E-state index contributed by atoms with van der Waals surface area (Å²) in [5.74, 6) is 2.79. The molecule has 1 aliphatic heterocycles. The molecule has 0 amide bonds. The van der Waals surface area contributed by atoms with Gasteiger partial charge in [0.2, 0.25) is 0 Å². The molecule has 17 heavy (non-hydrogen) atoms. The summed E-state index contributed by atoms with van der Waals surface area (Å²) in [6, 6.07) is 4.66. The number of furan rings is 1. The number of hydrogen-bond acceptors (Lipinski definition) is 3. The molecule has 1 saturated heterocycles. The fourth-order valence-corrected chi connectivity index (χ4v) is 2.62. The lowest BCUT2D eigenvalue weighted by Gasteiger charge is -2.36. The van der Waals surface area contributed by atoms with Crippen molar-refractivity contribution in [3.63, 3.8) is 0 Å². The summed E-state index contributed by atoms with van der Waals surface area (Å²) in [6.07, 6.45) is 1.19. The van der Waals surface area contributed by atoms with E-state index in [-0.39, 0.29) is 0 Å². The van der Waals surface area contributed by atoms with E-state index in [4.69, 9.17) is 4.42 Å². The van der Waals surface area contributed by atoms with Crippen LogP contribution < -0.4 is 5.32 Å². The molecule has 0 radical (unpaired) electrons. The highest BCUT2D eigenvalue weighted by atomic mass is 16.3. The smallest absolute Gasteiger partial charge is 0.121 e. The zero-order valence-electron chi connectivity index (χ0n) is 11.2. The Kier molecular flexibility index (Phi) is 4.24. The summed E-state index contributed by atoms with van der Waals surface area (Å²) in [5.41, 5.74) is 0. The molecule has 1 N–H and O–H groups in total. The second-order valence-corrected chi connectivity index (χ2v) is 5.06. The first-order valence-electron chi connectivity index (χ1n) is 6.73. The first-order valence-corrected chi connectivity index (χ1v) is 6.73. The summed E-state index contributed by atoms with van der Waals surface area (Å²) >= 11 is 0. The minimum Gasteiger partial charge on any atom is -0.465 e. The third kappa shape index (κ3) is 2.90. The fourth-order valence-electron chi connectivity index (χ4n) is 2.62. The minimum atomic E-state index is 0.441. The normalized spacial score (nSPS) is 21.4. The molecule has 96 valence electrons. The first kappa shape index (κ1) is 12.7. The van der Waals surface area contributed by atoms with Crippen LogP contribution in [0.1, 0.15) is 37.8 Å². The standard InChI is InChI=1S/C14H24N2O/c1-4-11(2)14(13-6-5-12(3)17-13)16-9-7-15-8-10-16/h5-6,11,14-15H,4,7-10H2,1-3H3/t11?,14-/m1/s1. The van der Waals surface area contributed by atoms with E-state index in [0.29, 0.717) is 12.0 Å². The molecular formula is C14H24N2O. The molecule has 1 aromatic rings. The van der Waals surface area contributed by atoms with E-state index in [9.17, 15) is 0 Å². The Morgan fingerprint density at radius 3 is 2.59 bits per heavy atom. The number of nitrogens with one attached hydrogen (secondary N) is 1. The van der Waals surface area contributed by atoms with Crippen LogP contribution in [0.15, 0.2) is 16.5 Å². The van der Waals surface area contributed by atoms with Gasteiger partial charge in [-0.3, -0.25) is 4.90 Å². The highest BCUT2D eigenvalue weighted by molar-refractivity contribution is 5.11. The van der Waals surface area contributed by atoms with Crippen molar-refractivity contribution in [2.75, 3.05) is 26.2 Å². The van der Waals surface area contributed by atoms with E-state index in [1.165, 1.54) is 6.42 Å². The van der Waals surface area contributed by atoms with Crippen LogP contribution in [0.25, 0.3) is 0 Å². The Bertz CT molecular complexity index is 342. The molecule has 1 fully saturated rings. The highest BCUT2D eigenvalue weighted by Gasteiger charge is 2.28. The van der Waals surface area contributed by atoms with Gasteiger partial charge in [-0.2, -0.15) is 0 Å². The first-order chi connectivity index (χ1) is 8.22. The lowest BCUT2D eigenvalue weighted by Crippen LogP contribution is -2.46. The van der Waals surface area contributed by atoms with E-state index in [1.807, 2.05) is 6.92 Å². The maximum absolute atomic E-state index is 5.86. The van der Waals surface area contributed by atoms with Gasteiger partial charge in [0.1, 0.15) is 11.5 Å². The number of rotatable bonds is 4. The van der Waals surface area contributed by atoms with Crippen LogP contribution in [0.5, 0.6) is 0 Å². The van der Waals surface area contributed by atoms with E-state index >= 15 is 0 Å². The van der Waals surface area contributed by atoms with Crippen molar-refractivity contribution in [1.29, 1.82) is 0 Å². The summed E-state index contributed by atoms with van der Waals surface area (Å²) in [7, 11) is 0. The summed E-state index contributed by atoms with van der Waals surface area (Å²) in [6.45, 7) is 11.0. The highest BCUT2D eigenvalue weighted by Crippen LogP contribution is 2.31. The molecule has 2 atom stereocenters. The van der Waals surface area contributed by atoms with Gasteiger partial charge < -0.3 is 9.73 Å². The van der Waals surface area contributed by atoms with Crippen molar-refractivity contribution in [2.24, 2.45) is 5.92 Å². The van der Waals surface area contributed by atoms with Gasteiger partial charge in [0.05, 0.1) is 6.04 Å². The van der Waals surface area contributed by atoms with Crippen molar-refractivity contribution < 1.29 is 4.42 Å². The lowest BCUT2D eigenvalue weighted by molar-refractivity contribution is 0.110. The van der Waals surface area contributed by atoms with Crippen molar-refractivity contribution >= 4 is 0 Å². The van der Waals surface area contributed by atoms with Gasteiger partial charge in [-0.05, 0) is 25.0 Å². The Morgan fingerprint density at radius 1 is 1.35 bits per heavy atom. The maximum Gasteiger partial charge on any atom is 0.121 e. The molecule has 0 saturated carbocycles. The van der Waals surface area contributed by atoms with Gasteiger partial charge in [0.15, 0.2) is 0 Å². The average Bonchev–Trinajstić information content (AvgIpc) is 2.77. The molecule has 2 rings (SSSR count). The van der Waals surface area contributed by atoms with Gasteiger partial charge >= 0.3 is 0 Å². The largest absolute Gasteiger partial charge is 0.465 e. The monoisotopic (exact) mass is 236 g/mol. The van der Waals surface area contributed by atoms with Crippen LogP contribution in [-0.2, 0) is 0 Å². The van der Waals surface area contributed by atoms with Crippen LogP contribution >= 0.6 is 0 Å². The number of nitrogens with zero attached hydrogens (tertiary/aromatic N) is 1. The third-order valence-electron chi connectivity index (χ3n) is 3.78. The second-order valence-electron chi connectivity index (χ2n) is 5.06. The third-order valence-corrected chi connectivity index (χ3v) is 3.78. The molecular weight excluding hydrogens is 212 g/mol. The maximum atomic E-state index is 5.86. The van der Waals surface area contributed by atoms with Gasteiger partial charge in [0.25, 0.3) is 0 Å². The van der Waals surface area contributed by atoms with Crippen molar-refractivity contribution in [2.45, 2.75) is 33.2 Å². The van der Waals surface area contributed by atoms with Crippen LogP contribution in [-0.4, -0.2) is 31.1 Å². The second kappa shape index (κ2) is 5.69. The molecule has 2 heterocycles. The number of piperazine rings is 1. The molecule has 0 bridgehead atoms. The summed E-state index contributed by atoms with van der Waals surface area (Å²) in [4.78, 5) is 2.56. The van der Waals surface area contributed by atoms with Crippen LogP contribution in [0.4, 0.5) is 0 Å². The molecule has 1 aromatic heterocycles. The zero-order valence-corrected chi connectivity index (χ0v) is 11.2.